The quantitative estimate of drug-likeness (QED) is 0.741. The lowest BCUT2D eigenvalue weighted by Gasteiger charge is -2.25. The van der Waals surface area contributed by atoms with Crippen molar-refractivity contribution < 1.29 is 0 Å². The molecule has 4 rings (SSSR count). The minimum atomic E-state index is 0.350. The summed E-state index contributed by atoms with van der Waals surface area (Å²) in [7, 11) is 1.95. The van der Waals surface area contributed by atoms with Crippen LogP contribution in [0.1, 0.15) is 23.0 Å². The van der Waals surface area contributed by atoms with Crippen LogP contribution in [0.2, 0.25) is 0 Å². The molecule has 98 valence electrons. The largest absolute Gasteiger partial charge is 0.370 e. The second-order valence-corrected chi connectivity index (χ2v) is 5.93. The summed E-state index contributed by atoms with van der Waals surface area (Å²) < 4.78 is 4.00. The molecule has 0 aliphatic carbocycles. The summed E-state index contributed by atoms with van der Waals surface area (Å²) >= 11 is 1.80. The van der Waals surface area contributed by atoms with Crippen molar-refractivity contribution in [3.8, 4) is 0 Å². The highest BCUT2D eigenvalue weighted by Crippen LogP contribution is 2.36. The Labute approximate surface area is 114 Å². The van der Waals surface area contributed by atoms with Gasteiger partial charge in [0.25, 0.3) is 0 Å². The number of anilines is 1. The fraction of sp³-hybridized carbons (Fsp3) is 0.385. The second kappa shape index (κ2) is 3.84. The van der Waals surface area contributed by atoms with Gasteiger partial charge >= 0.3 is 0 Å². The molecule has 0 saturated carbocycles. The highest BCUT2D eigenvalue weighted by atomic mass is 32.1. The average Bonchev–Trinajstić information content (AvgIpc) is 3.09. The number of hydrogen-bond acceptors (Lipinski definition) is 4. The van der Waals surface area contributed by atoms with Gasteiger partial charge in [-0.15, -0.1) is 11.3 Å². The fourth-order valence-electron chi connectivity index (χ4n) is 2.89. The minimum absolute atomic E-state index is 0.350. The van der Waals surface area contributed by atoms with E-state index in [0.717, 1.165) is 35.5 Å². The first kappa shape index (κ1) is 11.0. The van der Waals surface area contributed by atoms with Crippen LogP contribution < -0.4 is 5.32 Å². The molecule has 6 heteroatoms. The van der Waals surface area contributed by atoms with Crippen molar-refractivity contribution >= 4 is 28.2 Å². The molecule has 1 aliphatic rings. The molecule has 0 fully saturated rings. The van der Waals surface area contributed by atoms with Crippen molar-refractivity contribution in [2.75, 3.05) is 11.9 Å². The van der Waals surface area contributed by atoms with E-state index in [1.807, 2.05) is 18.7 Å². The molecule has 1 aliphatic heterocycles. The number of aryl methyl sites for hydroxylation is 2. The van der Waals surface area contributed by atoms with Crippen LogP contribution in [0.15, 0.2) is 17.5 Å². The molecule has 0 bridgehead atoms. The third-order valence-corrected chi connectivity index (χ3v) is 4.71. The maximum Gasteiger partial charge on any atom is 0.182 e. The van der Waals surface area contributed by atoms with E-state index in [9.17, 15) is 0 Å². The summed E-state index contributed by atoms with van der Waals surface area (Å²) in [5.41, 5.74) is 2.00. The SMILES string of the molecule is Cc1nn(C)c2nn3c(c12)NCCC3c1cccs1. The van der Waals surface area contributed by atoms with E-state index in [2.05, 4.69) is 32.6 Å². The molecular formula is C13H15N5S. The Morgan fingerprint density at radius 2 is 2.32 bits per heavy atom. The first-order valence-electron chi connectivity index (χ1n) is 6.45. The molecule has 4 heterocycles. The summed E-state index contributed by atoms with van der Waals surface area (Å²) in [5, 5.41) is 16.0. The van der Waals surface area contributed by atoms with Crippen molar-refractivity contribution in [3.05, 3.63) is 28.1 Å². The zero-order valence-electron chi connectivity index (χ0n) is 10.9. The van der Waals surface area contributed by atoms with Gasteiger partial charge in [0.1, 0.15) is 5.82 Å². The number of nitrogens with one attached hydrogen (secondary N) is 1. The maximum absolute atomic E-state index is 4.77. The number of fused-ring (bicyclic) bond motifs is 3. The predicted molar refractivity (Wildman–Crippen MR) is 76.8 cm³/mol. The predicted octanol–water partition coefficient (Wildman–Crippen LogP) is 2.54. The van der Waals surface area contributed by atoms with Crippen LogP contribution in [0.3, 0.4) is 0 Å². The van der Waals surface area contributed by atoms with Crippen molar-refractivity contribution in [3.63, 3.8) is 0 Å². The molecule has 19 heavy (non-hydrogen) atoms. The first-order chi connectivity index (χ1) is 9.25. The Hall–Kier alpha value is -1.82. The lowest BCUT2D eigenvalue weighted by molar-refractivity contribution is 0.489. The molecule has 0 aromatic carbocycles. The van der Waals surface area contributed by atoms with Crippen LogP contribution in [0.25, 0.3) is 11.0 Å². The molecule has 1 atom stereocenters. The smallest absolute Gasteiger partial charge is 0.182 e. The maximum atomic E-state index is 4.77. The van der Waals surface area contributed by atoms with E-state index in [0.29, 0.717) is 6.04 Å². The minimum Gasteiger partial charge on any atom is -0.370 e. The summed E-state index contributed by atoms with van der Waals surface area (Å²) in [6, 6.07) is 4.66. The molecule has 3 aromatic heterocycles. The number of aromatic nitrogens is 4. The number of hydrogen-bond donors (Lipinski definition) is 1. The molecule has 5 nitrogen and oxygen atoms in total. The number of thiophene rings is 1. The van der Waals surface area contributed by atoms with Crippen LogP contribution in [-0.4, -0.2) is 26.1 Å². The van der Waals surface area contributed by atoms with Gasteiger partial charge in [0.15, 0.2) is 5.65 Å². The first-order valence-corrected chi connectivity index (χ1v) is 7.33. The topological polar surface area (TPSA) is 47.7 Å². The molecule has 3 aromatic rings. The van der Waals surface area contributed by atoms with Gasteiger partial charge in [0.05, 0.1) is 17.1 Å². The van der Waals surface area contributed by atoms with E-state index in [4.69, 9.17) is 5.10 Å². The molecule has 1 unspecified atom stereocenters. The Kier molecular flexibility index (Phi) is 2.23. The standard InChI is InChI=1S/C13H15N5S/c1-8-11-12-14-6-5-9(10-4-3-7-19-10)18(12)16-13(11)17(2)15-8/h3-4,7,9,14H,5-6H2,1-2H3. The van der Waals surface area contributed by atoms with Crippen molar-refractivity contribution in [1.29, 1.82) is 0 Å². The van der Waals surface area contributed by atoms with Crippen molar-refractivity contribution in [1.82, 2.24) is 19.6 Å². The van der Waals surface area contributed by atoms with Gasteiger partial charge < -0.3 is 5.32 Å². The van der Waals surface area contributed by atoms with Crippen LogP contribution in [0.4, 0.5) is 5.82 Å². The zero-order chi connectivity index (χ0) is 13.0. The second-order valence-electron chi connectivity index (χ2n) is 4.95. The third kappa shape index (κ3) is 1.46. The van der Waals surface area contributed by atoms with Crippen LogP contribution in [0, 0.1) is 6.92 Å². The Morgan fingerprint density at radius 1 is 1.42 bits per heavy atom. The van der Waals surface area contributed by atoms with Gasteiger partial charge in [-0.3, -0.25) is 0 Å². The molecular weight excluding hydrogens is 258 g/mol. The van der Waals surface area contributed by atoms with Crippen molar-refractivity contribution in [2.24, 2.45) is 7.05 Å². The van der Waals surface area contributed by atoms with E-state index < -0.39 is 0 Å². The van der Waals surface area contributed by atoms with Crippen molar-refractivity contribution in [2.45, 2.75) is 19.4 Å². The fourth-order valence-corrected chi connectivity index (χ4v) is 3.74. The van der Waals surface area contributed by atoms with Gasteiger partial charge in [-0.1, -0.05) is 6.07 Å². The molecule has 0 radical (unpaired) electrons. The normalized spacial score (nSPS) is 18.5. The van der Waals surface area contributed by atoms with Gasteiger partial charge in [0.2, 0.25) is 0 Å². The molecule has 0 amide bonds. The lowest BCUT2D eigenvalue weighted by Crippen LogP contribution is -2.24. The highest BCUT2D eigenvalue weighted by molar-refractivity contribution is 7.10. The van der Waals surface area contributed by atoms with E-state index >= 15 is 0 Å². The van der Waals surface area contributed by atoms with E-state index in [1.165, 1.54) is 4.88 Å². The monoisotopic (exact) mass is 273 g/mol. The number of rotatable bonds is 1. The Balaban J connectivity index is 1.96. The number of nitrogens with zero attached hydrogens (tertiary/aromatic N) is 4. The third-order valence-electron chi connectivity index (χ3n) is 3.74. The summed E-state index contributed by atoms with van der Waals surface area (Å²) in [6.45, 7) is 3.03. The van der Waals surface area contributed by atoms with Gasteiger partial charge in [-0.2, -0.15) is 10.2 Å². The van der Waals surface area contributed by atoms with Gasteiger partial charge in [-0.05, 0) is 24.8 Å². The lowest BCUT2D eigenvalue weighted by atomic mass is 10.1. The zero-order valence-corrected chi connectivity index (χ0v) is 11.7. The van der Waals surface area contributed by atoms with E-state index in [1.54, 1.807) is 11.3 Å². The average molecular weight is 273 g/mol. The molecule has 0 spiro atoms. The summed E-state index contributed by atoms with van der Waals surface area (Å²) in [5.74, 6) is 1.12. The molecule has 1 N–H and O–H groups in total. The molecule has 0 saturated heterocycles. The summed E-state index contributed by atoms with van der Waals surface area (Å²) in [6.07, 6.45) is 1.08. The van der Waals surface area contributed by atoms with E-state index in [-0.39, 0.29) is 0 Å². The van der Waals surface area contributed by atoms with Crippen LogP contribution in [-0.2, 0) is 7.05 Å². The Bertz CT molecular complexity index is 737. The Morgan fingerprint density at radius 3 is 3.11 bits per heavy atom. The highest BCUT2D eigenvalue weighted by Gasteiger charge is 2.27. The van der Waals surface area contributed by atoms with Crippen LogP contribution >= 0.6 is 11.3 Å². The van der Waals surface area contributed by atoms with Crippen LogP contribution in [0.5, 0.6) is 0 Å². The summed E-state index contributed by atoms with van der Waals surface area (Å²) in [4.78, 5) is 1.38. The van der Waals surface area contributed by atoms with Gasteiger partial charge in [0, 0.05) is 18.5 Å². The van der Waals surface area contributed by atoms with Gasteiger partial charge in [-0.25, -0.2) is 9.36 Å².